The molecule has 2 aromatic carbocycles. The maximum atomic E-state index is 12.6. The molecule has 3 aromatic rings. The van der Waals surface area contributed by atoms with Crippen molar-refractivity contribution < 1.29 is 4.79 Å². The minimum Gasteiger partial charge on any atom is -0.356 e. The monoisotopic (exact) mass is 420 g/mol. The molecule has 1 aromatic heterocycles. The second-order valence-corrected chi connectivity index (χ2v) is 8.26. The average molecular weight is 421 g/mol. The Labute approximate surface area is 183 Å². The Balaban J connectivity index is 1.51. The zero-order valence-electron chi connectivity index (χ0n) is 18.9. The lowest BCUT2D eigenvalue weighted by molar-refractivity contribution is -0.121. The van der Waals surface area contributed by atoms with E-state index in [0.717, 1.165) is 41.7 Å². The second kappa shape index (κ2) is 10.4. The van der Waals surface area contributed by atoms with E-state index in [0.29, 0.717) is 18.8 Å². The summed E-state index contributed by atoms with van der Waals surface area (Å²) in [6.07, 6.45) is 1.15. The van der Waals surface area contributed by atoms with Gasteiger partial charge in [-0.25, -0.2) is 4.98 Å². The first kappa shape index (κ1) is 22.7. The fourth-order valence-corrected chi connectivity index (χ4v) is 3.70. The molecule has 0 aliphatic carbocycles. The number of amides is 1. The van der Waals surface area contributed by atoms with Crippen LogP contribution in [-0.4, -0.2) is 40.5 Å². The van der Waals surface area contributed by atoms with Gasteiger partial charge in [0, 0.05) is 26.1 Å². The van der Waals surface area contributed by atoms with E-state index in [4.69, 9.17) is 0 Å². The summed E-state index contributed by atoms with van der Waals surface area (Å²) in [5, 5.41) is 2.98. The van der Waals surface area contributed by atoms with Gasteiger partial charge in [0.25, 0.3) is 5.56 Å². The predicted molar refractivity (Wildman–Crippen MR) is 125 cm³/mol. The van der Waals surface area contributed by atoms with Gasteiger partial charge in [-0.2, -0.15) is 0 Å². The number of benzene rings is 2. The van der Waals surface area contributed by atoms with E-state index in [1.54, 1.807) is 11.5 Å². The van der Waals surface area contributed by atoms with Crippen molar-refractivity contribution in [3.8, 4) is 0 Å². The minimum atomic E-state index is -0.133. The number of carbonyl (C=O) groups is 1. The van der Waals surface area contributed by atoms with E-state index in [1.165, 1.54) is 5.56 Å². The molecular formula is C25H32N4O2. The first-order valence-corrected chi connectivity index (χ1v) is 10.8. The lowest BCUT2D eigenvalue weighted by Gasteiger charge is -2.17. The van der Waals surface area contributed by atoms with Crippen molar-refractivity contribution in [3.05, 3.63) is 75.2 Å². The van der Waals surface area contributed by atoms with Crippen LogP contribution < -0.4 is 10.9 Å². The van der Waals surface area contributed by atoms with E-state index in [-0.39, 0.29) is 17.9 Å². The molecule has 0 bridgehead atoms. The Morgan fingerprint density at radius 1 is 1.10 bits per heavy atom. The van der Waals surface area contributed by atoms with Gasteiger partial charge in [0.2, 0.25) is 5.91 Å². The molecule has 1 N–H and O–H groups in total. The van der Waals surface area contributed by atoms with Gasteiger partial charge in [0.1, 0.15) is 5.69 Å². The highest BCUT2D eigenvalue weighted by Crippen LogP contribution is 2.17. The SMILES string of the molecule is Cc1cc2nc(C)c(=O)n(CCC(=O)NCCCN(C)Cc3ccccc3)c2cc1C. The molecule has 0 atom stereocenters. The van der Waals surface area contributed by atoms with Gasteiger partial charge in [0.05, 0.1) is 11.0 Å². The zero-order valence-corrected chi connectivity index (χ0v) is 18.9. The normalized spacial score (nSPS) is 11.3. The number of rotatable bonds is 9. The molecule has 6 nitrogen and oxygen atoms in total. The van der Waals surface area contributed by atoms with Crippen LogP contribution in [0.1, 0.15) is 35.2 Å². The first-order valence-electron chi connectivity index (χ1n) is 10.8. The number of nitrogens with one attached hydrogen (secondary N) is 1. The molecule has 0 radical (unpaired) electrons. The van der Waals surface area contributed by atoms with Gasteiger partial charge in [-0.15, -0.1) is 0 Å². The third-order valence-corrected chi connectivity index (χ3v) is 5.62. The Morgan fingerprint density at radius 3 is 2.55 bits per heavy atom. The first-order chi connectivity index (χ1) is 14.8. The van der Waals surface area contributed by atoms with Crippen molar-refractivity contribution in [2.45, 2.75) is 46.7 Å². The van der Waals surface area contributed by atoms with Crippen LogP contribution >= 0.6 is 0 Å². The molecule has 0 saturated heterocycles. The molecule has 0 fully saturated rings. The number of hydrogen-bond acceptors (Lipinski definition) is 4. The van der Waals surface area contributed by atoms with Crippen molar-refractivity contribution in [1.82, 2.24) is 19.8 Å². The smallest absolute Gasteiger partial charge is 0.272 e. The standard InChI is InChI=1S/C25H32N4O2/c1-18-15-22-23(16-19(18)2)29(25(31)20(3)27-22)14-11-24(30)26-12-8-13-28(4)17-21-9-6-5-7-10-21/h5-7,9-10,15-16H,8,11-14,17H2,1-4H3,(H,26,30). The molecule has 31 heavy (non-hydrogen) atoms. The number of hydrogen-bond donors (Lipinski definition) is 1. The van der Waals surface area contributed by atoms with Crippen LogP contribution in [0.2, 0.25) is 0 Å². The van der Waals surface area contributed by atoms with Gasteiger partial charge in [0.15, 0.2) is 0 Å². The molecule has 0 aliphatic rings. The van der Waals surface area contributed by atoms with Crippen LogP contribution in [0.25, 0.3) is 11.0 Å². The molecule has 1 heterocycles. The lowest BCUT2D eigenvalue weighted by Crippen LogP contribution is -2.31. The van der Waals surface area contributed by atoms with Crippen LogP contribution in [0.4, 0.5) is 0 Å². The summed E-state index contributed by atoms with van der Waals surface area (Å²) in [6.45, 7) is 8.55. The molecule has 0 saturated carbocycles. The van der Waals surface area contributed by atoms with Crippen LogP contribution in [0, 0.1) is 20.8 Å². The van der Waals surface area contributed by atoms with Crippen LogP contribution in [0.15, 0.2) is 47.3 Å². The number of aromatic nitrogens is 2. The van der Waals surface area contributed by atoms with Gasteiger partial charge >= 0.3 is 0 Å². The molecule has 0 aliphatic heterocycles. The number of nitrogens with zero attached hydrogens (tertiary/aromatic N) is 3. The molecule has 1 amide bonds. The van der Waals surface area contributed by atoms with E-state index in [2.05, 4.69) is 34.4 Å². The van der Waals surface area contributed by atoms with E-state index in [1.807, 2.05) is 44.2 Å². The second-order valence-electron chi connectivity index (χ2n) is 8.26. The minimum absolute atomic E-state index is 0.0379. The summed E-state index contributed by atoms with van der Waals surface area (Å²) >= 11 is 0. The third kappa shape index (κ3) is 6.01. The zero-order chi connectivity index (χ0) is 22.4. The van der Waals surface area contributed by atoms with Crippen molar-refractivity contribution in [2.24, 2.45) is 0 Å². The van der Waals surface area contributed by atoms with Crippen LogP contribution in [0.5, 0.6) is 0 Å². The van der Waals surface area contributed by atoms with Crippen molar-refractivity contribution in [1.29, 1.82) is 0 Å². The number of aryl methyl sites for hydroxylation is 4. The Hall–Kier alpha value is -2.99. The number of carbonyl (C=O) groups excluding carboxylic acids is 1. The highest BCUT2D eigenvalue weighted by molar-refractivity contribution is 5.78. The van der Waals surface area contributed by atoms with E-state index < -0.39 is 0 Å². The predicted octanol–water partition coefficient (Wildman–Crippen LogP) is 3.35. The Morgan fingerprint density at radius 2 is 1.81 bits per heavy atom. The third-order valence-electron chi connectivity index (χ3n) is 5.62. The summed E-state index contributed by atoms with van der Waals surface area (Å²) in [6, 6.07) is 14.3. The maximum absolute atomic E-state index is 12.6. The molecule has 0 unspecified atom stereocenters. The molecule has 164 valence electrons. The largest absolute Gasteiger partial charge is 0.356 e. The van der Waals surface area contributed by atoms with Crippen molar-refractivity contribution in [3.63, 3.8) is 0 Å². The summed E-state index contributed by atoms with van der Waals surface area (Å²) < 4.78 is 1.68. The van der Waals surface area contributed by atoms with Gasteiger partial charge < -0.3 is 14.8 Å². The summed E-state index contributed by atoms with van der Waals surface area (Å²) in [5.41, 5.74) is 5.43. The lowest BCUT2D eigenvalue weighted by atomic mass is 10.1. The summed E-state index contributed by atoms with van der Waals surface area (Å²) in [5.74, 6) is -0.0379. The maximum Gasteiger partial charge on any atom is 0.272 e. The molecule has 0 spiro atoms. The van der Waals surface area contributed by atoms with Crippen molar-refractivity contribution in [2.75, 3.05) is 20.1 Å². The molecular weight excluding hydrogens is 388 g/mol. The quantitative estimate of drug-likeness (QED) is 0.539. The molecule has 3 rings (SSSR count). The summed E-state index contributed by atoms with van der Waals surface area (Å²) in [7, 11) is 2.09. The average Bonchev–Trinajstić information content (AvgIpc) is 2.74. The van der Waals surface area contributed by atoms with Gasteiger partial charge in [-0.1, -0.05) is 30.3 Å². The van der Waals surface area contributed by atoms with Crippen LogP contribution in [0.3, 0.4) is 0 Å². The van der Waals surface area contributed by atoms with E-state index in [9.17, 15) is 9.59 Å². The highest BCUT2D eigenvalue weighted by Gasteiger charge is 2.11. The Kier molecular flexibility index (Phi) is 7.58. The van der Waals surface area contributed by atoms with Crippen molar-refractivity contribution >= 4 is 16.9 Å². The topological polar surface area (TPSA) is 67.2 Å². The number of fused-ring (bicyclic) bond motifs is 1. The highest BCUT2D eigenvalue weighted by atomic mass is 16.1. The summed E-state index contributed by atoms with van der Waals surface area (Å²) in [4.78, 5) is 31.7. The fraction of sp³-hybridized carbons (Fsp3) is 0.400. The fourth-order valence-electron chi connectivity index (χ4n) is 3.70. The van der Waals surface area contributed by atoms with Gasteiger partial charge in [-0.05, 0) is 69.6 Å². The van der Waals surface area contributed by atoms with E-state index >= 15 is 0 Å². The Bertz CT molecular complexity index is 1110. The van der Waals surface area contributed by atoms with Gasteiger partial charge in [-0.3, -0.25) is 9.59 Å². The molecule has 6 heteroatoms. The van der Waals surface area contributed by atoms with Crippen LogP contribution in [-0.2, 0) is 17.9 Å².